The fourth-order valence-corrected chi connectivity index (χ4v) is 5.50. The van der Waals surface area contributed by atoms with Gasteiger partial charge in [0, 0.05) is 0 Å². The highest BCUT2D eigenvalue weighted by atomic mass is 16.3. The molecule has 4 aromatic rings. The Morgan fingerprint density at radius 2 is 1.03 bits per heavy atom. The molecule has 5 rings (SSSR count). The summed E-state index contributed by atoms with van der Waals surface area (Å²) in [5.74, 6) is 0.0491. The van der Waals surface area contributed by atoms with Crippen LogP contribution in [0.25, 0.3) is 23.3 Å². The van der Waals surface area contributed by atoms with Gasteiger partial charge in [0.2, 0.25) is 0 Å². The largest absolute Gasteiger partial charge is 0.509 e. The summed E-state index contributed by atoms with van der Waals surface area (Å²) in [5, 5.41) is 19.4. The Balaban J connectivity index is 1.88. The van der Waals surface area contributed by atoms with E-state index in [9.17, 15) is 10.2 Å². The van der Waals surface area contributed by atoms with Crippen molar-refractivity contribution in [1.29, 1.82) is 0 Å². The van der Waals surface area contributed by atoms with Crippen LogP contribution in [0.15, 0.2) is 122 Å². The van der Waals surface area contributed by atoms with Gasteiger partial charge in [0.25, 0.3) is 0 Å². The molecule has 0 radical (unpaired) electrons. The molecule has 1 aliphatic rings. The third-order valence-corrected chi connectivity index (χ3v) is 7.29. The molecule has 0 aromatic heterocycles. The normalized spacial score (nSPS) is 13.6. The van der Waals surface area contributed by atoms with Crippen molar-refractivity contribution in [2.75, 3.05) is 0 Å². The second-order valence-corrected chi connectivity index (χ2v) is 9.63. The van der Waals surface area contributed by atoms with Gasteiger partial charge in [-0.05, 0) is 93.8 Å². The van der Waals surface area contributed by atoms with Crippen molar-refractivity contribution < 1.29 is 10.2 Å². The molecule has 0 spiro atoms. The zero-order valence-corrected chi connectivity index (χ0v) is 21.2. The van der Waals surface area contributed by atoms with E-state index in [-0.39, 0.29) is 11.5 Å². The minimum absolute atomic E-state index is 0.0245. The van der Waals surface area contributed by atoms with E-state index in [1.54, 1.807) is 12.2 Å². The van der Waals surface area contributed by atoms with Gasteiger partial charge in [0.15, 0.2) is 0 Å². The Kier molecular flexibility index (Phi) is 6.19. The molecule has 0 heterocycles. The Morgan fingerprint density at radius 1 is 0.622 bits per heavy atom. The van der Waals surface area contributed by atoms with Crippen molar-refractivity contribution in [3.05, 3.63) is 166 Å². The highest BCUT2D eigenvalue weighted by molar-refractivity contribution is 5.86. The van der Waals surface area contributed by atoms with Crippen LogP contribution in [0.4, 0.5) is 0 Å². The predicted octanol–water partition coefficient (Wildman–Crippen LogP) is 8.84. The number of fused-ring (bicyclic) bond motifs is 3. The second-order valence-electron chi connectivity index (χ2n) is 9.63. The summed E-state index contributed by atoms with van der Waals surface area (Å²) < 4.78 is 0. The summed E-state index contributed by atoms with van der Waals surface area (Å²) in [5.41, 5.74) is 10.9. The highest BCUT2D eigenvalue weighted by Crippen LogP contribution is 2.56. The number of benzene rings is 4. The third kappa shape index (κ3) is 4.11. The van der Waals surface area contributed by atoms with E-state index < -0.39 is 5.41 Å². The Bertz CT molecular complexity index is 1480. The number of aryl methyl sites for hydroxylation is 2. The summed E-state index contributed by atoms with van der Waals surface area (Å²) >= 11 is 0. The molecule has 1 aliphatic carbocycles. The molecular formula is C35H30O2. The average Bonchev–Trinajstić information content (AvgIpc) is 3.19. The Morgan fingerprint density at radius 3 is 1.43 bits per heavy atom. The first-order valence-electron chi connectivity index (χ1n) is 12.4. The standard InChI is InChI=1S/C35H30O2/c1-23-13-19-29(21-27(23)17-15-25(3)36)35(30-20-14-24(2)28(22-30)18-16-26(4)37)33-11-7-5-9-31(33)32-10-6-8-12-34(32)35/h5-22,36-37H,3-4H2,1-2H3/b17-15-,18-16-. The molecule has 0 fully saturated rings. The average molecular weight is 483 g/mol. The van der Waals surface area contributed by atoms with E-state index >= 15 is 0 Å². The van der Waals surface area contributed by atoms with Gasteiger partial charge in [-0.3, -0.25) is 0 Å². The molecule has 2 nitrogen and oxygen atoms in total. The number of hydrogen-bond acceptors (Lipinski definition) is 2. The van der Waals surface area contributed by atoms with E-state index in [1.807, 2.05) is 12.2 Å². The van der Waals surface area contributed by atoms with E-state index in [0.717, 1.165) is 33.4 Å². The van der Waals surface area contributed by atoms with Crippen molar-refractivity contribution >= 4 is 12.2 Å². The van der Waals surface area contributed by atoms with Crippen molar-refractivity contribution in [3.8, 4) is 11.1 Å². The van der Waals surface area contributed by atoms with Crippen LogP contribution < -0.4 is 0 Å². The Labute approximate surface area is 218 Å². The maximum Gasteiger partial charge on any atom is 0.108 e. The van der Waals surface area contributed by atoms with E-state index in [0.29, 0.717) is 0 Å². The van der Waals surface area contributed by atoms with E-state index in [1.165, 1.54) is 22.3 Å². The maximum atomic E-state index is 9.71. The first-order valence-corrected chi connectivity index (χ1v) is 12.4. The van der Waals surface area contributed by atoms with Gasteiger partial charge in [0.1, 0.15) is 11.5 Å². The number of rotatable bonds is 6. The second kappa shape index (κ2) is 9.48. The van der Waals surface area contributed by atoms with E-state index in [2.05, 4.69) is 112 Å². The molecule has 0 unspecified atom stereocenters. The van der Waals surface area contributed by atoms with Crippen LogP contribution >= 0.6 is 0 Å². The minimum atomic E-state index is -0.549. The lowest BCUT2D eigenvalue weighted by molar-refractivity contribution is 0.435. The van der Waals surface area contributed by atoms with Crippen molar-refractivity contribution in [2.45, 2.75) is 19.3 Å². The third-order valence-electron chi connectivity index (χ3n) is 7.29. The number of allylic oxidation sites excluding steroid dienone is 2. The zero-order valence-electron chi connectivity index (χ0n) is 21.2. The molecule has 0 amide bonds. The highest BCUT2D eigenvalue weighted by Gasteiger charge is 2.46. The summed E-state index contributed by atoms with van der Waals surface area (Å²) in [6.45, 7) is 11.4. The lowest BCUT2D eigenvalue weighted by atomic mass is 9.67. The van der Waals surface area contributed by atoms with Gasteiger partial charge in [-0.2, -0.15) is 0 Å². The summed E-state index contributed by atoms with van der Waals surface area (Å²) in [4.78, 5) is 0. The molecule has 0 saturated carbocycles. The molecule has 2 heteroatoms. The lowest BCUT2D eigenvalue weighted by Gasteiger charge is -2.34. The smallest absolute Gasteiger partial charge is 0.108 e. The van der Waals surface area contributed by atoms with Crippen molar-refractivity contribution in [3.63, 3.8) is 0 Å². The molecule has 0 saturated heterocycles. The molecule has 37 heavy (non-hydrogen) atoms. The topological polar surface area (TPSA) is 40.5 Å². The number of aliphatic hydroxyl groups is 2. The maximum absolute atomic E-state index is 9.71. The fourth-order valence-electron chi connectivity index (χ4n) is 5.50. The van der Waals surface area contributed by atoms with Gasteiger partial charge in [-0.25, -0.2) is 0 Å². The van der Waals surface area contributed by atoms with Crippen LogP contribution in [0.1, 0.15) is 44.5 Å². The van der Waals surface area contributed by atoms with Crippen LogP contribution in [-0.4, -0.2) is 10.2 Å². The molecule has 4 aromatic carbocycles. The van der Waals surface area contributed by atoms with Gasteiger partial charge < -0.3 is 10.2 Å². The monoisotopic (exact) mass is 482 g/mol. The molecule has 0 aliphatic heterocycles. The molecule has 0 atom stereocenters. The zero-order chi connectivity index (χ0) is 26.2. The van der Waals surface area contributed by atoms with Crippen LogP contribution in [0.5, 0.6) is 0 Å². The van der Waals surface area contributed by atoms with Crippen molar-refractivity contribution in [1.82, 2.24) is 0 Å². The summed E-state index contributed by atoms with van der Waals surface area (Å²) in [6.07, 6.45) is 7.09. The number of aliphatic hydroxyl groups excluding tert-OH is 2. The first kappa shape index (κ1) is 24.1. The van der Waals surface area contributed by atoms with Gasteiger partial charge in [-0.1, -0.05) is 98.1 Å². The minimum Gasteiger partial charge on any atom is -0.509 e. The van der Waals surface area contributed by atoms with Crippen molar-refractivity contribution in [2.24, 2.45) is 0 Å². The number of hydrogen-bond donors (Lipinski definition) is 2. The predicted molar refractivity (Wildman–Crippen MR) is 155 cm³/mol. The molecule has 182 valence electrons. The summed E-state index contributed by atoms with van der Waals surface area (Å²) in [6, 6.07) is 30.4. The quantitative estimate of drug-likeness (QED) is 0.187. The lowest BCUT2D eigenvalue weighted by Crippen LogP contribution is -2.29. The molecule has 0 bridgehead atoms. The van der Waals surface area contributed by atoms with Crippen LogP contribution in [-0.2, 0) is 5.41 Å². The van der Waals surface area contributed by atoms with Crippen LogP contribution in [0.3, 0.4) is 0 Å². The van der Waals surface area contributed by atoms with Gasteiger partial charge in [0.05, 0.1) is 5.41 Å². The molecular weight excluding hydrogens is 452 g/mol. The molecule has 2 N–H and O–H groups in total. The van der Waals surface area contributed by atoms with Crippen LogP contribution in [0, 0.1) is 13.8 Å². The van der Waals surface area contributed by atoms with E-state index in [4.69, 9.17) is 0 Å². The fraction of sp³-hybridized carbons (Fsp3) is 0.0857. The summed E-state index contributed by atoms with van der Waals surface area (Å²) in [7, 11) is 0. The van der Waals surface area contributed by atoms with Gasteiger partial charge >= 0.3 is 0 Å². The first-order chi connectivity index (χ1) is 17.8. The van der Waals surface area contributed by atoms with Gasteiger partial charge in [-0.15, -0.1) is 0 Å². The van der Waals surface area contributed by atoms with Crippen LogP contribution in [0.2, 0.25) is 0 Å². The SMILES string of the molecule is C=C(O)/C=C\c1cc(C2(c3ccc(C)c(/C=C\C(=C)O)c3)c3ccccc3-c3ccccc32)ccc1C. The Hall–Kier alpha value is -4.56.